The zero-order valence-corrected chi connectivity index (χ0v) is 7.56. The van der Waals surface area contributed by atoms with Crippen molar-refractivity contribution in [2.24, 2.45) is 5.92 Å². The minimum atomic E-state index is 0.601. The Kier molecular flexibility index (Phi) is 1.69. The molecule has 1 N–H and O–H groups in total. The number of nitrogens with zero attached hydrogens (tertiary/aromatic N) is 1. The van der Waals surface area contributed by atoms with Crippen molar-refractivity contribution in [3.8, 4) is 0 Å². The summed E-state index contributed by atoms with van der Waals surface area (Å²) in [7, 11) is 4.46. The van der Waals surface area contributed by atoms with E-state index in [1.165, 1.54) is 32.4 Å². The Balaban J connectivity index is 2.01. The highest BCUT2D eigenvalue weighted by atomic mass is 15.2. The largest absolute Gasteiger partial charge is 0.316 e. The molecule has 2 fully saturated rings. The molecule has 11 heavy (non-hydrogen) atoms. The van der Waals surface area contributed by atoms with Gasteiger partial charge >= 0.3 is 0 Å². The van der Waals surface area contributed by atoms with Gasteiger partial charge in [0.2, 0.25) is 0 Å². The molecule has 1 aliphatic carbocycles. The fourth-order valence-corrected chi connectivity index (χ4v) is 2.46. The van der Waals surface area contributed by atoms with Crippen molar-refractivity contribution >= 4 is 0 Å². The predicted octanol–water partition coefficient (Wildman–Crippen LogP) is 0.690. The summed E-state index contributed by atoms with van der Waals surface area (Å²) in [5.41, 5.74) is 0.601. The molecular weight excluding hydrogens is 136 g/mol. The highest BCUT2D eigenvalue weighted by Gasteiger charge is 2.51. The van der Waals surface area contributed by atoms with Crippen molar-refractivity contribution in [1.82, 2.24) is 10.2 Å². The molecule has 2 aliphatic rings. The molecule has 1 saturated heterocycles. The summed E-state index contributed by atoms with van der Waals surface area (Å²) in [6.45, 7) is 2.48. The van der Waals surface area contributed by atoms with Crippen LogP contribution in [0, 0.1) is 5.92 Å². The van der Waals surface area contributed by atoms with Gasteiger partial charge in [-0.1, -0.05) is 0 Å². The quantitative estimate of drug-likeness (QED) is 0.629. The lowest BCUT2D eigenvalue weighted by Crippen LogP contribution is -2.38. The van der Waals surface area contributed by atoms with Gasteiger partial charge in [0.25, 0.3) is 0 Å². The van der Waals surface area contributed by atoms with E-state index in [1.54, 1.807) is 0 Å². The van der Waals surface area contributed by atoms with E-state index < -0.39 is 0 Å². The molecule has 1 heterocycles. The van der Waals surface area contributed by atoms with Gasteiger partial charge in [-0.2, -0.15) is 0 Å². The first-order valence-corrected chi connectivity index (χ1v) is 4.64. The van der Waals surface area contributed by atoms with E-state index in [0.717, 1.165) is 5.92 Å². The Morgan fingerprint density at radius 1 is 1.36 bits per heavy atom. The van der Waals surface area contributed by atoms with Crippen molar-refractivity contribution in [2.75, 3.05) is 27.2 Å². The van der Waals surface area contributed by atoms with E-state index in [9.17, 15) is 0 Å². The maximum atomic E-state index is 3.45. The Labute approximate surface area is 69.0 Å². The second kappa shape index (κ2) is 2.46. The van der Waals surface area contributed by atoms with Gasteiger partial charge in [-0.05, 0) is 52.4 Å². The zero-order chi connectivity index (χ0) is 7.90. The van der Waals surface area contributed by atoms with Crippen LogP contribution in [0.4, 0.5) is 0 Å². The fraction of sp³-hybridized carbons (Fsp3) is 1.00. The van der Waals surface area contributed by atoms with Gasteiger partial charge in [0, 0.05) is 5.54 Å². The molecule has 0 aromatic carbocycles. The molecule has 64 valence electrons. The van der Waals surface area contributed by atoms with Gasteiger partial charge in [-0.3, -0.25) is 0 Å². The second-order valence-corrected chi connectivity index (χ2v) is 4.19. The van der Waals surface area contributed by atoms with Crippen LogP contribution in [0.1, 0.15) is 19.3 Å². The van der Waals surface area contributed by atoms with Crippen LogP contribution in [0.15, 0.2) is 0 Å². The number of rotatable bonds is 2. The van der Waals surface area contributed by atoms with Crippen LogP contribution in [0.5, 0.6) is 0 Å². The molecule has 0 aromatic rings. The van der Waals surface area contributed by atoms with Crippen LogP contribution in [0.25, 0.3) is 0 Å². The standard InChI is InChI=1S/C9H18N2/c1-11(2)9(4-5-9)8-3-6-10-7-8/h8,10H,3-7H2,1-2H3. The average molecular weight is 154 g/mol. The molecule has 0 spiro atoms. The van der Waals surface area contributed by atoms with Crippen LogP contribution in [0.2, 0.25) is 0 Å². The molecule has 2 rings (SSSR count). The lowest BCUT2D eigenvalue weighted by molar-refractivity contribution is 0.196. The van der Waals surface area contributed by atoms with Gasteiger partial charge in [0.1, 0.15) is 0 Å². The van der Waals surface area contributed by atoms with Crippen LogP contribution in [0.3, 0.4) is 0 Å². The third-order valence-corrected chi connectivity index (χ3v) is 3.47. The van der Waals surface area contributed by atoms with E-state index in [0.29, 0.717) is 5.54 Å². The fourth-order valence-electron chi connectivity index (χ4n) is 2.46. The summed E-state index contributed by atoms with van der Waals surface area (Å²) in [5.74, 6) is 0.928. The third-order valence-electron chi connectivity index (χ3n) is 3.47. The van der Waals surface area contributed by atoms with Gasteiger partial charge < -0.3 is 10.2 Å². The molecular formula is C9H18N2. The van der Waals surface area contributed by atoms with E-state index in [4.69, 9.17) is 0 Å². The maximum absolute atomic E-state index is 3.45. The Morgan fingerprint density at radius 3 is 2.45 bits per heavy atom. The highest BCUT2D eigenvalue weighted by Crippen LogP contribution is 2.48. The second-order valence-electron chi connectivity index (χ2n) is 4.19. The van der Waals surface area contributed by atoms with Crippen LogP contribution in [-0.2, 0) is 0 Å². The summed E-state index contributed by atoms with van der Waals surface area (Å²) in [5, 5.41) is 3.45. The zero-order valence-electron chi connectivity index (χ0n) is 7.56. The highest BCUT2D eigenvalue weighted by molar-refractivity contribution is 5.08. The molecule has 2 heteroatoms. The summed E-state index contributed by atoms with van der Waals surface area (Å²) in [6, 6.07) is 0. The molecule has 0 bridgehead atoms. The molecule has 1 unspecified atom stereocenters. The van der Waals surface area contributed by atoms with Crippen LogP contribution >= 0.6 is 0 Å². The number of nitrogens with one attached hydrogen (secondary N) is 1. The third kappa shape index (κ3) is 1.09. The first kappa shape index (κ1) is 7.56. The molecule has 1 atom stereocenters. The van der Waals surface area contributed by atoms with Gasteiger partial charge in [0.15, 0.2) is 0 Å². The molecule has 1 saturated carbocycles. The summed E-state index contributed by atoms with van der Waals surface area (Å²) in [6.07, 6.45) is 4.23. The first-order valence-electron chi connectivity index (χ1n) is 4.64. The van der Waals surface area contributed by atoms with E-state index in [-0.39, 0.29) is 0 Å². The van der Waals surface area contributed by atoms with Crippen molar-refractivity contribution in [1.29, 1.82) is 0 Å². The van der Waals surface area contributed by atoms with Crippen molar-refractivity contribution < 1.29 is 0 Å². The smallest absolute Gasteiger partial charge is 0.0245 e. The first-order chi connectivity index (χ1) is 5.26. The summed E-state index contributed by atoms with van der Waals surface area (Å²) < 4.78 is 0. The lowest BCUT2D eigenvalue weighted by atomic mass is 9.95. The molecule has 1 aliphatic heterocycles. The van der Waals surface area contributed by atoms with E-state index in [1.807, 2.05) is 0 Å². The maximum Gasteiger partial charge on any atom is 0.0245 e. The van der Waals surface area contributed by atoms with E-state index >= 15 is 0 Å². The average Bonchev–Trinajstić information content (AvgIpc) is 2.61. The predicted molar refractivity (Wildman–Crippen MR) is 46.6 cm³/mol. The number of hydrogen-bond acceptors (Lipinski definition) is 2. The molecule has 0 aromatic heterocycles. The van der Waals surface area contributed by atoms with Crippen LogP contribution < -0.4 is 5.32 Å². The van der Waals surface area contributed by atoms with Crippen molar-refractivity contribution in [2.45, 2.75) is 24.8 Å². The number of hydrogen-bond donors (Lipinski definition) is 1. The summed E-state index contributed by atoms with van der Waals surface area (Å²) in [4.78, 5) is 2.44. The summed E-state index contributed by atoms with van der Waals surface area (Å²) >= 11 is 0. The van der Waals surface area contributed by atoms with Gasteiger partial charge in [-0.25, -0.2) is 0 Å². The Bertz CT molecular complexity index is 144. The topological polar surface area (TPSA) is 15.3 Å². The molecule has 0 amide bonds. The van der Waals surface area contributed by atoms with Gasteiger partial charge in [-0.15, -0.1) is 0 Å². The monoisotopic (exact) mass is 154 g/mol. The Morgan fingerprint density at radius 2 is 2.09 bits per heavy atom. The lowest BCUT2D eigenvalue weighted by Gasteiger charge is -2.29. The van der Waals surface area contributed by atoms with Crippen LogP contribution in [-0.4, -0.2) is 37.6 Å². The SMILES string of the molecule is CN(C)C1(C2CCNC2)CC1. The Hall–Kier alpha value is -0.0800. The van der Waals surface area contributed by atoms with Crippen molar-refractivity contribution in [3.05, 3.63) is 0 Å². The molecule has 0 radical (unpaired) electrons. The minimum absolute atomic E-state index is 0.601. The molecule has 2 nitrogen and oxygen atoms in total. The minimum Gasteiger partial charge on any atom is -0.316 e. The van der Waals surface area contributed by atoms with E-state index in [2.05, 4.69) is 24.3 Å². The normalized spacial score (nSPS) is 34.6. The van der Waals surface area contributed by atoms with Gasteiger partial charge in [0.05, 0.1) is 0 Å². The van der Waals surface area contributed by atoms with Crippen molar-refractivity contribution in [3.63, 3.8) is 0 Å².